The number of halogens is 1. The third-order valence-electron chi connectivity index (χ3n) is 2.53. The molecular formula is C11H16FNO. The number of aliphatic hydroxyl groups is 1. The maximum Gasteiger partial charge on any atom is 0.131 e. The second-order valence-corrected chi connectivity index (χ2v) is 3.57. The lowest BCUT2D eigenvalue weighted by atomic mass is 9.93. The van der Waals surface area contributed by atoms with E-state index < -0.39 is 5.60 Å². The zero-order valence-corrected chi connectivity index (χ0v) is 8.76. The molecule has 0 spiro atoms. The highest BCUT2D eigenvalue weighted by atomic mass is 19.1. The molecular weight excluding hydrogens is 181 g/mol. The van der Waals surface area contributed by atoms with Crippen molar-refractivity contribution >= 4 is 5.69 Å². The molecule has 3 heteroatoms. The number of benzene rings is 1. The molecule has 2 nitrogen and oxygen atoms in total. The summed E-state index contributed by atoms with van der Waals surface area (Å²) in [7, 11) is 1.73. The van der Waals surface area contributed by atoms with Crippen molar-refractivity contribution in [1.29, 1.82) is 0 Å². The van der Waals surface area contributed by atoms with Crippen molar-refractivity contribution in [1.82, 2.24) is 0 Å². The average molecular weight is 197 g/mol. The first kappa shape index (κ1) is 11.0. The molecule has 1 atom stereocenters. The van der Waals surface area contributed by atoms with E-state index in [1.165, 1.54) is 6.07 Å². The Hall–Kier alpha value is -1.09. The predicted molar refractivity (Wildman–Crippen MR) is 55.8 cm³/mol. The number of rotatable bonds is 3. The average Bonchev–Trinajstić information content (AvgIpc) is 2.17. The molecule has 0 bridgehead atoms. The fourth-order valence-corrected chi connectivity index (χ4v) is 1.30. The summed E-state index contributed by atoms with van der Waals surface area (Å²) in [4.78, 5) is 0. The van der Waals surface area contributed by atoms with Crippen molar-refractivity contribution in [3.63, 3.8) is 0 Å². The van der Waals surface area contributed by atoms with Crippen LogP contribution in [0.25, 0.3) is 0 Å². The molecule has 0 saturated heterocycles. The maximum absolute atomic E-state index is 13.5. The molecule has 0 aromatic heterocycles. The van der Waals surface area contributed by atoms with Crippen molar-refractivity contribution in [2.24, 2.45) is 0 Å². The maximum atomic E-state index is 13.5. The standard InChI is InChI=1S/C11H16FNO/c1-4-11(2,14)9-6-5-8(13-3)7-10(9)12/h5-7,13-14H,4H2,1-3H3. The van der Waals surface area contributed by atoms with E-state index >= 15 is 0 Å². The molecule has 1 aromatic carbocycles. The summed E-state index contributed by atoms with van der Waals surface area (Å²) in [6, 6.07) is 4.76. The lowest BCUT2D eigenvalue weighted by Gasteiger charge is -2.22. The Bertz CT molecular complexity index is 323. The molecule has 0 aliphatic carbocycles. The third-order valence-corrected chi connectivity index (χ3v) is 2.53. The largest absolute Gasteiger partial charge is 0.388 e. The zero-order valence-electron chi connectivity index (χ0n) is 8.76. The van der Waals surface area contributed by atoms with Gasteiger partial charge in [0.15, 0.2) is 0 Å². The van der Waals surface area contributed by atoms with Crippen LogP contribution in [0.3, 0.4) is 0 Å². The van der Waals surface area contributed by atoms with E-state index in [9.17, 15) is 9.50 Å². The molecule has 14 heavy (non-hydrogen) atoms. The van der Waals surface area contributed by atoms with Crippen molar-refractivity contribution in [3.8, 4) is 0 Å². The van der Waals surface area contributed by atoms with Gasteiger partial charge in [-0.15, -0.1) is 0 Å². The van der Waals surface area contributed by atoms with Crippen LogP contribution in [-0.2, 0) is 5.60 Å². The van der Waals surface area contributed by atoms with Crippen molar-refractivity contribution < 1.29 is 9.50 Å². The van der Waals surface area contributed by atoms with Crippen molar-refractivity contribution in [3.05, 3.63) is 29.6 Å². The topological polar surface area (TPSA) is 32.3 Å². The summed E-state index contributed by atoms with van der Waals surface area (Å²) in [5.41, 5.74) is -0.0340. The van der Waals surface area contributed by atoms with Gasteiger partial charge in [-0.25, -0.2) is 4.39 Å². The molecule has 0 fully saturated rings. The van der Waals surface area contributed by atoms with Gasteiger partial charge in [0.1, 0.15) is 5.82 Å². The SMILES string of the molecule is CCC(C)(O)c1ccc(NC)cc1F. The van der Waals surface area contributed by atoms with Gasteiger partial charge in [-0.05, 0) is 25.5 Å². The van der Waals surface area contributed by atoms with Crippen LogP contribution in [0.5, 0.6) is 0 Å². The molecule has 1 unspecified atom stereocenters. The molecule has 0 saturated carbocycles. The Morgan fingerprint density at radius 2 is 2.14 bits per heavy atom. The van der Waals surface area contributed by atoms with Gasteiger partial charge < -0.3 is 10.4 Å². The first-order chi connectivity index (χ1) is 6.51. The van der Waals surface area contributed by atoms with Crippen LogP contribution in [0.4, 0.5) is 10.1 Å². The van der Waals surface area contributed by atoms with E-state index in [4.69, 9.17) is 0 Å². The number of nitrogens with one attached hydrogen (secondary N) is 1. The summed E-state index contributed by atoms with van der Waals surface area (Å²) in [5.74, 6) is -0.372. The first-order valence-corrected chi connectivity index (χ1v) is 4.71. The minimum absolute atomic E-state index is 0.346. The summed E-state index contributed by atoms with van der Waals surface area (Å²) in [6.45, 7) is 3.44. The van der Waals surface area contributed by atoms with E-state index in [-0.39, 0.29) is 5.82 Å². The summed E-state index contributed by atoms with van der Waals surface area (Å²) < 4.78 is 13.5. The van der Waals surface area contributed by atoms with Crippen LogP contribution in [0.15, 0.2) is 18.2 Å². The summed E-state index contributed by atoms with van der Waals surface area (Å²) in [5, 5.41) is 12.7. The van der Waals surface area contributed by atoms with Gasteiger partial charge >= 0.3 is 0 Å². The minimum atomic E-state index is -1.09. The Morgan fingerprint density at radius 3 is 2.57 bits per heavy atom. The molecule has 0 aliphatic rings. The second kappa shape index (κ2) is 3.96. The third kappa shape index (κ3) is 2.04. The lowest BCUT2D eigenvalue weighted by molar-refractivity contribution is 0.0493. The first-order valence-electron chi connectivity index (χ1n) is 4.71. The molecule has 1 rings (SSSR count). The van der Waals surface area contributed by atoms with Crippen LogP contribution >= 0.6 is 0 Å². The monoisotopic (exact) mass is 197 g/mol. The van der Waals surface area contributed by atoms with E-state index in [0.717, 1.165) is 0 Å². The van der Waals surface area contributed by atoms with Gasteiger partial charge in [0.2, 0.25) is 0 Å². The summed E-state index contributed by atoms with van der Waals surface area (Å²) in [6.07, 6.45) is 0.489. The van der Waals surface area contributed by atoms with Crippen LogP contribution in [0, 0.1) is 5.82 Å². The molecule has 2 N–H and O–H groups in total. The van der Waals surface area contributed by atoms with E-state index in [0.29, 0.717) is 17.7 Å². The van der Waals surface area contributed by atoms with Gasteiger partial charge in [0.05, 0.1) is 5.60 Å². The van der Waals surface area contributed by atoms with Crippen LogP contribution < -0.4 is 5.32 Å². The predicted octanol–water partition coefficient (Wildman–Crippen LogP) is 2.48. The van der Waals surface area contributed by atoms with Gasteiger partial charge in [-0.3, -0.25) is 0 Å². The van der Waals surface area contributed by atoms with E-state index in [2.05, 4.69) is 5.32 Å². The number of hydrogen-bond donors (Lipinski definition) is 2. The quantitative estimate of drug-likeness (QED) is 0.780. The second-order valence-electron chi connectivity index (χ2n) is 3.57. The molecule has 0 amide bonds. The number of hydrogen-bond acceptors (Lipinski definition) is 2. The highest BCUT2D eigenvalue weighted by molar-refractivity contribution is 5.45. The van der Waals surface area contributed by atoms with Crippen LogP contribution in [0.1, 0.15) is 25.8 Å². The Labute approximate surface area is 83.8 Å². The van der Waals surface area contributed by atoms with Crippen molar-refractivity contribution in [2.75, 3.05) is 12.4 Å². The molecule has 0 aliphatic heterocycles. The van der Waals surface area contributed by atoms with Gasteiger partial charge in [0.25, 0.3) is 0 Å². The van der Waals surface area contributed by atoms with Crippen LogP contribution in [0.2, 0.25) is 0 Å². The molecule has 1 aromatic rings. The highest BCUT2D eigenvalue weighted by Crippen LogP contribution is 2.27. The zero-order chi connectivity index (χ0) is 10.8. The van der Waals surface area contributed by atoms with Gasteiger partial charge in [-0.1, -0.05) is 13.0 Å². The van der Waals surface area contributed by atoms with E-state index in [1.54, 1.807) is 26.1 Å². The van der Waals surface area contributed by atoms with Crippen molar-refractivity contribution in [2.45, 2.75) is 25.9 Å². The Balaban J connectivity index is 3.12. The smallest absolute Gasteiger partial charge is 0.131 e. The van der Waals surface area contributed by atoms with E-state index in [1.807, 2.05) is 6.92 Å². The molecule has 0 radical (unpaired) electrons. The highest BCUT2D eigenvalue weighted by Gasteiger charge is 2.24. The fourth-order valence-electron chi connectivity index (χ4n) is 1.30. The lowest BCUT2D eigenvalue weighted by Crippen LogP contribution is -2.21. The summed E-state index contributed by atoms with van der Waals surface area (Å²) >= 11 is 0. The van der Waals surface area contributed by atoms with Gasteiger partial charge in [0, 0.05) is 18.3 Å². The fraction of sp³-hybridized carbons (Fsp3) is 0.455. The van der Waals surface area contributed by atoms with Crippen LogP contribution in [-0.4, -0.2) is 12.2 Å². The Morgan fingerprint density at radius 1 is 1.50 bits per heavy atom. The minimum Gasteiger partial charge on any atom is -0.388 e. The number of anilines is 1. The Kier molecular flexibility index (Phi) is 3.11. The normalized spacial score (nSPS) is 14.9. The molecule has 78 valence electrons. The van der Waals surface area contributed by atoms with Gasteiger partial charge in [-0.2, -0.15) is 0 Å². The molecule has 0 heterocycles.